The summed E-state index contributed by atoms with van der Waals surface area (Å²) >= 11 is 6.17. The van der Waals surface area contributed by atoms with E-state index < -0.39 is 33.9 Å². The first kappa shape index (κ1) is 23.2. The number of carboxylic acids is 1. The van der Waals surface area contributed by atoms with Crippen LogP contribution in [0.5, 0.6) is 0 Å². The maximum absolute atomic E-state index is 14.9. The first-order valence-corrected chi connectivity index (χ1v) is 12.1. The van der Waals surface area contributed by atoms with E-state index in [1.54, 1.807) is 36.4 Å². The van der Waals surface area contributed by atoms with Gasteiger partial charge in [0, 0.05) is 10.6 Å². The van der Waals surface area contributed by atoms with Crippen LogP contribution in [0.4, 0.5) is 4.39 Å². The molecule has 0 amide bonds. The van der Waals surface area contributed by atoms with Gasteiger partial charge in [-0.25, -0.2) is 17.6 Å². The summed E-state index contributed by atoms with van der Waals surface area (Å²) in [4.78, 5) is 12.2. The van der Waals surface area contributed by atoms with E-state index in [0.29, 0.717) is 10.6 Å². The lowest BCUT2D eigenvalue weighted by Gasteiger charge is -2.40. The molecule has 0 spiro atoms. The second-order valence-electron chi connectivity index (χ2n) is 7.84. The number of halogens is 2. The smallest absolute Gasteiger partial charge is 0.333 e. The van der Waals surface area contributed by atoms with Crippen molar-refractivity contribution in [2.24, 2.45) is 0 Å². The summed E-state index contributed by atoms with van der Waals surface area (Å²) in [5.74, 6) is -1.82. The third kappa shape index (κ3) is 4.44. The van der Waals surface area contributed by atoms with Gasteiger partial charge in [-0.1, -0.05) is 65.7 Å². The molecule has 2 atom stereocenters. The summed E-state index contributed by atoms with van der Waals surface area (Å²) in [5, 5.41) is 10.3. The summed E-state index contributed by atoms with van der Waals surface area (Å²) < 4.78 is 43.9. The zero-order chi connectivity index (χ0) is 23.8. The van der Waals surface area contributed by atoms with Gasteiger partial charge in [0.1, 0.15) is 5.82 Å². The summed E-state index contributed by atoms with van der Waals surface area (Å²) in [7, 11) is -4.25. The van der Waals surface area contributed by atoms with Crippen molar-refractivity contribution in [1.82, 2.24) is 4.31 Å². The molecule has 3 aromatic carbocycles. The number of sulfonamides is 1. The maximum Gasteiger partial charge on any atom is 0.333 e. The Kier molecular flexibility index (Phi) is 6.38. The normalized spacial score (nSPS) is 19.2. The van der Waals surface area contributed by atoms with Gasteiger partial charge in [0.15, 0.2) is 0 Å². The van der Waals surface area contributed by atoms with Gasteiger partial charge in [0.05, 0.1) is 22.6 Å². The summed E-state index contributed by atoms with van der Waals surface area (Å²) in [6.45, 7) is 1.83. The highest BCUT2D eigenvalue weighted by atomic mass is 35.5. The number of aliphatic carboxylic acids is 1. The molecule has 33 heavy (non-hydrogen) atoms. The number of aryl methyl sites for hydroxylation is 1. The van der Waals surface area contributed by atoms with Crippen LogP contribution in [0, 0.1) is 12.7 Å². The van der Waals surface area contributed by atoms with Crippen LogP contribution >= 0.6 is 11.6 Å². The van der Waals surface area contributed by atoms with Gasteiger partial charge in [-0.05, 0) is 49.2 Å². The van der Waals surface area contributed by atoms with Crippen LogP contribution in [-0.4, -0.2) is 23.8 Å². The minimum atomic E-state index is -4.25. The van der Waals surface area contributed by atoms with Crippen molar-refractivity contribution < 1.29 is 22.7 Å². The highest BCUT2D eigenvalue weighted by molar-refractivity contribution is 7.89. The Morgan fingerprint density at radius 1 is 1.06 bits per heavy atom. The fraction of sp³-hybridized carbons (Fsp3) is 0.160. The van der Waals surface area contributed by atoms with Crippen LogP contribution in [0.2, 0.25) is 5.02 Å². The summed E-state index contributed by atoms with van der Waals surface area (Å²) in [6.07, 6.45) is 1.47. The fourth-order valence-corrected chi connectivity index (χ4v) is 6.10. The molecular weight excluding hydrogens is 465 g/mol. The lowest BCUT2D eigenvalue weighted by molar-refractivity contribution is -0.133. The van der Waals surface area contributed by atoms with Crippen molar-refractivity contribution in [3.63, 3.8) is 0 Å². The zero-order valence-electron chi connectivity index (χ0n) is 17.7. The number of carbonyl (C=O) groups is 1. The van der Waals surface area contributed by atoms with E-state index in [1.165, 1.54) is 42.5 Å². The summed E-state index contributed by atoms with van der Waals surface area (Å²) in [5.41, 5.74) is 1.31. The first-order valence-electron chi connectivity index (χ1n) is 10.2. The van der Waals surface area contributed by atoms with E-state index in [4.69, 9.17) is 11.6 Å². The molecule has 0 saturated heterocycles. The quantitative estimate of drug-likeness (QED) is 0.505. The third-order valence-electron chi connectivity index (χ3n) is 5.69. The van der Waals surface area contributed by atoms with Crippen LogP contribution in [0.1, 0.15) is 35.2 Å². The van der Waals surface area contributed by atoms with Crippen molar-refractivity contribution >= 4 is 27.6 Å². The standard InChI is InChI=1S/C25H21ClFNO4S/c1-16-9-11-19(12-10-16)33(31,32)28-23(20-7-2-3-8-22(20)27)14-13-21(25(29)30)24(28)17-5-4-6-18(26)15-17/h2-13,15,23-24H,14H2,1H3,(H,29,30)/t23-,24-/m0/s1. The Hall–Kier alpha value is -3.00. The molecule has 0 aliphatic carbocycles. The van der Waals surface area contributed by atoms with Crippen molar-refractivity contribution in [2.45, 2.75) is 30.3 Å². The number of rotatable bonds is 5. The highest BCUT2D eigenvalue weighted by Gasteiger charge is 2.45. The van der Waals surface area contributed by atoms with Crippen molar-refractivity contribution in [3.05, 3.63) is 112 Å². The van der Waals surface area contributed by atoms with Gasteiger partial charge in [-0.3, -0.25) is 0 Å². The molecule has 1 N–H and O–H groups in total. The fourth-order valence-electron chi connectivity index (χ4n) is 4.13. The Balaban J connectivity index is 2.00. The highest BCUT2D eigenvalue weighted by Crippen LogP contribution is 2.46. The van der Waals surface area contributed by atoms with E-state index in [-0.39, 0.29) is 22.5 Å². The van der Waals surface area contributed by atoms with Crippen LogP contribution in [0.3, 0.4) is 0 Å². The van der Waals surface area contributed by atoms with Crippen LogP contribution in [0.15, 0.2) is 89.3 Å². The molecule has 0 bridgehead atoms. The van der Waals surface area contributed by atoms with E-state index in [9.17, 15) is 22.7 Å². The van der Waals surface area contributed by atoms with Gasteiger partial charge >= 0.3 is 5.97 Å². The van der Waals surface area contributed by atoms with Gasteiger partial charge in [0.25, 0.3) is 0 Å². The molecule has 0 fully saturated rings. The predicted molar refractivity (Wildman–Crippen MR) is 124 cm³/mol. The van der Waals surface area contributed by atoms with Crippen molar-refractivity contribution in [2.75, 3.05) is 0 Å². The van der Waals surface area contributed by atoms with Crippen molar-refractivity contribution in [3.8, 4) is 0 Å². The Labute approximate surface area is 196 Å². The Morgan fingerprint density at radius 3 is 2.39 bits per heavy atom. The molecule has 0 saturated carbocycles. The average molecular weight is 486 g/mol. The molecule has 3 aromatic rings. The SMILES string of the molecule is Cc1ccc(S(=O)(=O)N2[C@@H](c3cccc(Cl)c3)C(C(=O)O)=CC[C@H]2c2ccccc2F)cc1. The molecule has 0 aromatic heterocycles. The molecule has 0 unspecified atom stereocenters. The Bertz CT molecular complexity index is 1340. The van der Waals surface area contributed by atoms with E-state index in [1.807, 2.05) is 6.92 Å². The molecule has 8 heteroatoms. The minimum Gasteiger partial charge on any atom is -0.478 e. The monoisotopic (exact) mass is 485 g/mol. The first-order chi connectivity index (χ1) is 15.7. The number of hydrogen-bond acceptors (Lipinski definition) is 3. The maximum atomic E-state index is 14.9. The number of hydrogen-bond donors (Lipinski definition) is 1. The van der Waals surface area contributed by atoms with Gasteiger partial charge < -0.3 is 5.11 Å². The molecular formula is C25H21ClFNO4S. The lowest BCUT2D eigenvalue weighted by Crippen LogP contribution is -2.42. The van der Waals surface area contributed by atoms with Crippen LogP contribution in [-0.2, 0) is 14.8 Å². The largest absolute Gasteiger partial charge is 0.478 e. The van der Waals surface area contributed by atoms with Gasteiger partial charge in [-0.2, -0.15) is 4.31 Å². The average Bonchev–Trinajstić information content (AvgIpc) is 2.78. The van der Waals surface area contributed by atoms with Gasteiger partial charge in [-0.15, -0.1) is 0 Å². The molecule has 1 heterocycles. The molecule has 4 rings (SSSR count). The summed E-state index contributed by atoms with van der Waals surface area (Å²) in [6, 6.07) is 16.4. The molecule has 0 radical (unpaired) electrons. The zero-order valence-corrected chi connectivity index (χ0v) is 19.2. The van der Waals surface area contributed by atoms with E-state index in [0.717, 1.165) is 9.87 Å². The molecule has 5 nitrogen and oxygen atoms in total. The Morgan fingerprint density at radius 2 is 1.76 bits per heavy atom. The topological polar surface area (TPSA) is 74.7 Å². The van der Waals surface area contributed by atoms with E-state index in [2.05, 4.69) is 0 Å². The molecule has 1 aliphatic heterocycles. The second-order valence-corrected chi connectivity index (χ2v) is 10.1. The molecule has 1 aliphatic rings. The van der Waals surface area contributed by atoms with Crippen molar-refractivity contribution in [1.29, 1.82) is 0 Å². The van der Waals surface area contributed by atoms with E-state index >= 15 is 0 Å². The van der Waals surface area contributed by atoms with Gasteiger partial charge in [0.2, 0.25) is 10.0 Å². The second kappa shape index (κ2) is 9.09. The predicted octanol–water partition coefficient (Wildman–Crippen LogP) is 5.68. The number of benzene rings is 3. The molecule has 170 valence electrons. The lowest BCUT2D eigenvalue weighted by atomic mass is 9.89. The number of carboxylic acid groups (broad SMARTS) is 1. The minimum absolute atomic E-state index is 0.00469. The van der Waals surface area contributed by atoms with Crippen LogP contribution in [0.25, 0.3) is 0 Å². The third-order valence-corrected chi connectivity index (χ3v) is 7.81. The van der Waals surface area contributed by atoms with Crippen LogP contribution < -0.4 is 0 Å². The number of nitrogens with zero attached hydrogens (tertiary/aromatic N) is 1.